The van der Waals surface area contributed by atoms with Gasteiger partial charge in [-0.2, -0.15) is 0 Å². The summed E-state index contributed by atoms with van der Waals surface area (Å²) in [6.45, 7) is 0.960. The Kier molecular flexibility index (Phi) is 3.59. The van der Waals surface area contributed by atoms with E-state index in [0.717, 1.165) is 45.1 Å². The highest BCUT2D eigenvalue weighted by Gasteiger charge is 2.26. The van der Waals surface area contributed by atoms with Crippen LogP contribution in [0.15, 0.2) is 0 Å². The lowest BCUT2D eigenvalue weighted by Crippen LogP contribution is -2.46. The Morgan fingerprint density at radius 1 is 1.20 bits per heavy atom. The van der Waals surface area contributed by atoms with E-state index in [2.05, 4.69) is 10.6 Å². The molecule has 2 aliphatic rings. The maximum Gasteiger partial charge on any atom is 0.237 e. The summed E-state index contributed by atoms with van der Waals surface area (Å²) in [6, 6.07) is 0.306. The molecule has 4 heteroatoms. The predicted octanol–water partition coefficient (Wildman–Crippen LogP) is 0.158. The topological polar surface area (TPSA) is 61.4 Å². The van der Waals surface area contributed by atoms with Crippen molar-refractivity contribution < 1.29 is 9.90 Å². The first-order valence-corrected chi connectivity index (χ1v) is 5.97. The first-order chi connectivity index (χ1) is 7.25. The minimum atomic E-state index is -0.150. The van der Waals surface area contributed by atoms with Crippen LogP contribution in [-0.2, 0) is 4.79 Å². The van der Waals surface area contributed by atoms with E-state index in [1.165, 1.54) is 0 Å². The lowest BCUT2D eigenvalue weighted by molar-refractivity contribution is -0.123. The summed E-state index contributed by atoms with van der Waals surface area (Å²) in [6.07, 6.45) is 5.39. The lowest BCUT2D eigenvalue weighted by Gasteiger charge is -2.27. The molecule has 0 aromatic carbocycles. The normalized spacial score (nSPS) is 36.5. The summed E-state index contributed by atoms with van der Waals surface area (Å²) in [5, 5.41) is 15.6. The molecule has 1 amide bonds. The second-order valence-electron chi connectivity index (χ2n) is 4.66. The number of amides is 1. The van der Waals surface area contributed by atoms with E-state index in [1.54, 1.807) is 0 Å². The van der Waals surface area contributed by atoms with Crippen LogP contribution in [0.2, 0.25) is 0 Å². The minimum Gasteiger partial charge on any atom is -0.393 e. The molecule has 1 saturated heterocycles. The molecule has 1 heterocycles. The monoisotopic (exact) mass is 212 g/mol. The van der Waals surface area contributed by atoms with E-state index >= 15 is 0 Å². The Morgan fingerprint density at radius 2 is 1.93 bits per heavy atom. The van der Waals surface area contributed by atoms with E-state index in [1.807, 2.05) is 0 Å². The first-order valence-electron chi connectivity index (χ1n) is 5.97. The van der Waals surface area contributed by atoms with Gasteiger partial charge >= 0.3 is 0 Å². The molecule has 0 aromatic heterocycles. The average Bonchev–Trinajstić information content (AvgIpc) is 2.74. The molecule has 86 valence electrons. The fourth-order valence-electron chi connectivity index (χ4n) is 2.43. The zero-order valence-electron chi connectivity index (χ0n) is 9.04. The number of aliphatic hydroxyl groups is 1. The number of nitrogens with one attached hydrogen (secondary N) is 2. The largest absolute Gasteiger partial charge is 0.393 e. The van der Waals surface area contributed by atoms with Crippen LogP contribution in [0.3, 0.4) is 0 Å². The summed E-state index contributed by atoms with van der Waals surface area (Å²) in [4.78, 5) is 11.8. The molecule has 2 rings (SSSR count). The van der Waals surface area contributed by atoms with Crippen molar-refractivity contribution in [3.8, 4) is 0 Å². The molecular formula is C11H20N2O2. The van der Waals surface area contributed by atoms with Gasteiger partial charge in [-0.25, -0.2) is 0 Å². The number of hydrogen-bond donors (Lipinski definition) is 3. The van der Waals surface area contributed by atoms with Crippen LogP contribution in [0.5, 0.6) is 0 Å². The summed E-state index contributed by atoms with van der Waals surface area (Å²) >= 11 is 0. The van der Waals surface area contributed by atoms with Crippen molar-refractivity contribution in [2.45, 2.75) is 56.7 Å². The van der Waals surface area contributed by atoms with E-state index in [4.69, 9.17) is 0 Å². The molecular weight excluding hydrogens is 192 g/mol. The Balaban J connectivity index is 1.74. The molecule has 0 spiro atoms. The van der Waals surface area contributed by atoms with Gasteiger partial charge in [0.05, 0.1) is 12.1 Å². The van der Waals surface area contributed by atoms with Crippen LogP contribution < -0.4 is 10.6 Å². The number of aliphatic hydroxyl groups excluding tert-OH is 1. The number of hydrogen-bond acceptors (Lipinski definition) is 3. The highest BCUT2D eigenvalue weighted by atomic mass is 16.3. The average molecular weight is 212 g/mol. The van der Waals surface area contributed by atoms with Gasteiger partial charge < -0.3 is 15.7 Å². The fraction of sp³-hybridized carbons (Fsp3) is 0.909. The smallest absolute Gasteiger partial charge is 0.237 e. The Hall–Kier alpha value is -0.610. The molecule has 0 bridgehead atoms. The van der Waals surface area contributed by atoms with Gasteiger partial charge in [0.25, 0.3) is 0 Å². The third kappa shape index (κ3) is 2.92. The van der Waals surface area contributed by atoms with Gasteiger partial charge in [-0.3, -0.25) is 4.79 Å². The Morgan fingerprint density at radius 3 is 2.53 bits per heavy atom. The van der Waals surface area contributed by atoms with Crippen LogP contribution in [-0.4, -0.2) is 35.7 Å². The minimum absolute atomic E-state index is 0.0249. The van der Waals surface area contributed by atoms with Gasteiger partial charge in [0.1, 0.15) is 0 Å². The zero-order chi connectivity index (χ0) is 10.7. The Bertz CT molecular complexity index is 219. The molecule has 3 N–H and O–H groups in total. The van der Waals surface area contributed by atoms with Gasteiger partial charge in [0.2, 0.25) is 5.91 Å². The maximum absolute atomic E-state index is 11.8. The fourth-order valence-corrected chi connectivity index (χ4v) is 2.43. The van der Waals surface area contributed by atoms with Crippen molar-refractivity contribution >= 4 is 5.91 Å². The molecule has 1 aliphatic heterocycles. The van der Waals surface area contributed by atoms with Crippen molar-refractivity contribution in [3.05, 3.63) is 0 Å². The highest BCUT2D eigenvalue weighted by Crippen LogP contribution is 2.18. The molecule has 0 unspecified atom stereocenters. The van der Waals surface area contributed by atoms with Gasteiger partial charge in [-0.15, -0.1) is 0 Å². The van der Waals surface area contributed by atoms with E-state index < -0.39 is 0 Å². The second kappa shape index (κ2) is 4.94. The van der Waals surface area contributed by atoms with Gasteiger partial charge in [-0.05, 0) is 45.1 Å². The third-order valence-corrected chi connectivity index (χ3v) is 3.42. The molecule has 1 aliphatic carbocycles. The molecule has 4 nitrogen and oxygen atoms in total. The van der Waals surface area contributed by atoms with Crippen molar-refractivity contribution in [1.82, 2.24) is 10.6 Å². The zero-order valence-corrected chi connectivity index (χ0v) is 9.04. The van der Waals surface area contributed by atoms with E-state index in [-0.39, 0.29) is 24.1 Å². The summed E-state index contributed by atoms with van der Waals surface area (Å²) < 4.78 is 0. The van der Waals surface area contributed by atoms with Crippen molar-refractivity contribution in [2.24, 2.45) is 0 Å². The number of rotatable bonds is 2. The number of carbonyl (C=O) groups excluding carboxylic acids is 1. The molecule has 1 saturated carbocycles. The standard InChI is InChI=1S/C11H20N2O2/c14-9-5-3-8(4-6-9)13-11(15)10-2-1-7-12-10/h8-10,12,14H,1-7H2,(H,13,15)/t8?,9?,10-/m1/s1. The SMILES string of the molecule is O=C(NC1CCC(O)CC1)[C@H]1CCCN1. The molecule has 2 fully saturated rings. The lowest BCUT2D eigenvalue weighted by atomic mass is 9.93. The van der Waals surface area contributed by atoms with Crippen LogP contribution in [0.1, 0.15) is 38.5 Å². The van der Waals surface area contributed by atoms with Crippen molar-refractivity contribution in [2.75, 3.05) is 6.54 Å². The first kappa shape index (κ1) is 10.9. The van der Waals surface area contributed by atoms with Crippen LogP contribution in [0.4, 0.5) is 0 Å². The van der Waals surface area contributed by atoms with Gasteiger partial charge in [-0.1, -0.05) is 0 Å². The van der Waals surface area contributed by atoms with E-state index in [0.29, 0.717) is 0 Å². The highest BCUT2D eigenvalue weighted by molar-refractivity contribution is 5.82. The van der Waals surface area contributed by atoms with Crippen LogP contribution >= 0.6 is 0 Å². The van der Waals surface area contributed by atoms with Crippen LogP contribution in [0.25, 0.3) is 0 Å². The van der Waals surface area contributed by atoms with E-state index in [9.17, 15) is 9.90 Å². The maximum atomic E-state index is 11.8. The Labute approximate surface area is 90.4 Å². The molecule has 0 aromatic rings. The quantitative estimate of drug-likeness (QED) is 0.611. The molecule has 1 atom stereocenters. The summed E-state index contributed by atoms with van der Waals surface area (Å²) in [5.41, 5.74) is 0. The van der Waals surface area contributed by atoms with Gasteiger partial charge in [0, 0.05) is 6.04 Å². The van der Waals surface area contributed by atoms with Gasteiger partial charge in [0.15, 0.2) is 0 Å². The molecule has 0 radical (unpaired) electrons. The summed E-state index contributed by atoms with van der Waals surface area (Å²) in [7, 11) is 0. The second-order valence-corrected chi connectivity index (χ2v) is 4.66. The third-order valence-electron chi connectivity index (χ3n) is 3.42. The number of carbonyl (C=O) groups is 1. The van der Waals surface area contributed by atoms with Crippen molar-refractivity contribution in [3.63, 3.8) is 0 Å². The van der Waals surface area contributed by atoms with Crippen molar-refractivity contribution in [1.29, 1.82) is 0 Å². The predicted molar refractivity (Wildman–Crippen MR) is 57.4 cm³/mol. The van der Waals surface area contributed by atoms with Crippen LogP contribution in [0, 0.1) is 0 Å². The summed E-state index contributed by atoms with van der Waals surface area (Å²) in [5.74, 6) is 0.147. The molecule has 15 heavy (non-hydrogen) atoms.